The zero-order valence-corrected chi connectivity index (χ0v) is 17.4. The first-order chi connectivity index (χ1) is 13.8. The Balaban J connectivity index is 1.46. The van der Waals surface area contributed by atoms with Gasteiger partial charge in [0.2, 0.25) is 0 Å². The normalized spacial score (nSPS) is 11.0. The third-order valence-corrected chi connectivity index (χ3v) is 5.82. The molecule has 0 unspecified atom stereocenters. The Morgan fingerprint density at radius 3 is 1.89 bits per heavy atom. The number of rotatable bonds is 3. The van der Waals surface area contributed by atoms with Crippen LogP contribution >= 0.6 is 22.6 Å². The summed E-state index contributed by atoms with van der Waals surface area (Å²) in [5.74, 6) is 0. The fraction of sp³-hybridized carbons (Fsp3) is 0. The number of benzene rings is 5. The highest BCUT2D eigenvalue weighted by molar-refractivity contribution is 14.1. The van der Waals surface area contributed by atoms with E-state index < -0.39 is 0 Å². The second-order valence-corrected chi connectivity index (χ2v) is 8.18. The molecule has 0 aromatic heterocycles. The molecule has 1 N–H and O–H groups in total. The van der Waals surface area contributed by atoms with E-state index in [-0.39, 0.29) is 0 Å². The molecule has 0 radical (unpaired) electrons. The summed E-state index contributed by atoms with van der Waals surface area (Å²) in [7, 11) is 0. The van der Waals surface area contributed by atoms with E-state index in [9.17, 15) is 0 Å². The predicted octanol–water partition coefficient (Wildman–Crippen LogP) is 8.01. The number of halogens is 1. The average molecular weight is 471 g/mol. The van der Waals surface area contributed by atoms with E-state index >= 15 is 0 Å². The van der Waals surface area contributed by atoms with Gasteiger partial charge < -0.3 is 5.32 Å². The van der Waals surface area contributed by atoms with Gasteiger partial charge in [-0.25, -0.2) is 0 Å². The molecule has 0 saturated carbocycles. The van der Waals surface area contributed by atoms with Gasteiger partial charge in [0.25, 0.3) is 0 Å². The van der Waals surface area contributed by atoms with Crippen LogP contribution in [-0.2, 0) is 0 Å². The minimum absolute atomic E-state index is 1.09. The first-order valence-electron chi connectivity index (χ1n) is 9.31. The van der Waals surface area contributed by atoms with Gasteiger partial charge in [0, 0.05) is 14.9 Å². The van der Waals surface area contributed by atoms with Crippen LogP contribution in [0.4, 0.5) is 11.4 Å². The van der Waals surface area contributed by atoms with E-state index in [0.29, 0.717) is 0 Å². The summed E-state index contributed by atoms with van der Waals surface area (Å²) >= 11 is 2.32. The Morgan fingerprint density at radius 1 is 0.500 bits per heavy atom. The number of nitrogens with one attached hydrogen (secondary N) is 1. The molecule has 2 heteroatoms. The van der Waals surface area contributed by atoms with Crippen molar-refractivity contribution in [3.05, 3.63) is 107 Å². The summed E-state index contributed by atoms with van der Waals surface area (Å²) in [6.07, 6.45) is 0. The monoisotopic (exact) mass is 471 g/mol. The number of hydrogen-bond acceptors (Lipinski definition) is 1. The molecule has 0 bridgehead atoms. The maximum absolute atomic E-state index is 3.46. The van der Waals surface area contributed by atoms with Crippen LogP contribution in [-0.4, -0.2) is 0 Å². The molecule has 0 amide bonds. The Kier molecular flexibility index (Phi) is 4.49. The van der Waals surface area contributed by atoms with E-state index in [1.54, 1.807) is 0 Å². The van der Waals surface area contributed by atoms with Gasteiger partial charge in [0.05, 0.1) is 0 Å². The molecule has 0 fully saturated rings. The molecule has 134 valence electrons. The van der Waals surface area contributed by atoms with E-state index in [1.165, 1.54) is 36.2 Å². The fourth-order valence-electron chi connectivity index (χ4n) is 3.64. The van der Waals surface area contributed by atoms with Crippen LogP contribution in [0, 0.1) is 3.57 Å². The van der Waals surface area contributed by atoms with E-state index in [4.69, 9.17) is 0 Å². The molecule has 0 saturated heterocycles. The van der Waals surface area contributed by atoms with Crippen LogP contribution in [0.2, 0.25) is 0 Å². The van der Waals surface area contributed by atoms with Crippen molar-refractivity contribution >= 4 is 55.5 Å². The summed E-state index contributed by atoms with van der Waals surface area (Å²) in [5.41, 5.74) is 4.66. The van der Waals surface area contributed by atoms with Crippen LogP contribution in [0.1, 0.15) is 0 Å². The molecule has 28 heavy (non-hydrogen) atoms. The van der Waals surface area contributed by atoms with E-state index in [1.807, 2.05) is 0 Å². The Hall–Kier alpha value is -2.85. The fourth-order valence-corrected chi connectivity index (χ4v) is 4.00. The third-order valence-electron chi connectivity index (χ3n) is 5.10. The highest BCUT2D eigenvalue weighted by Gasteiger charge is 2.04. The van der Waals surface area contributed by atoms with Gasteiger partial charge in [0.1, 0.15) is 0 Å². The molecule has 0 atom stereocenters. The van der Waals surface area contributed by atoms with E-state index in [2.05, 4.69) is 131 Å². The van der Waals surface area contributed by atoms with Gasteiger partial charge in [-0.05, 0) is 97.7 Å². The molecule has 0 aliphatic carbocycles. The van der Waals surface area contributed by atoms with Crippen LogP contribution in [0.15, 0.2) is 103 Å². The molecule has 5 aromatic carbocycles. The molecule has 0 aliphatic heterocycles. The van der Waals surface area contributed by atoms with Crippen molar-refractivity contribution in [2.45, 2.75) is 0 Å². The maximum Gasteiger partial charge on any atom is 0.0384 e. The standard InChI is InChI=1S/C26H18IN/c27-22-10-14-24(15-11-22)28-23-12-7-18(8-13-23)20-9-16-26-21(17-20)6-5-19-3-1-2-4-25(19)26/h1-17,28H. The highest BCUT2D eigenvalue weighted by atomic mass is 127. The van der Waals surface area contributed by atoms with Crippen molar-refractivity contribution in [1.82, 2.24) is 0 Å². The SMILES string of the molecule is Ic1ccc(Nc2ccc(-c3ccc4c(ccc5ccccc54)c3)cc2)cc1. The van der Waals surface area contributed by atoms with Crippen molar-refractivity contribution in [1.29, 1.82) is 0 Å². The summed E-state index contributed by atoms with van der Waals surface area (Å²) in [5, 5.41) is 8.63. The molecular formula is C26H18IN. The van der Waals surface area contributed by atoms with E-state index in [0.717, 1.165) is 11.4 Å². The summed E-state index contributed by atoms with van der Waals surface area (Å²) in [6.45, 7) is 0. The second kappa shape index (κ2) is 7.28. The minimum atomic E-state index is 1.09. The zero-order valence-electron chi connectivity index (χ0n) is 15.2. The summed E-state index contributed by atoms with van der Waals surface area (Å²) in [4.78, 5) is 0. The summed E-state index contributed by atoms with van der Waals surface area (Å²) in [6, 6.07) is 36.8. The maximum atomic E-state index is 3.46. The largest absolute Gasteiger partial charge is 0.356 e. The number of hydrogen-bond donors (Lipinski definition) is 1. The van der Waals surface area contributed by atoms with Crippen molar-refractivity contribution in [2.24, 2.45) is 0 Å². The van der Waals surface area contributed by atoms with Crippen LogP contribution < -0.4 is 5.32 Å². The quantitative estimate of drug-likeness (QED) is 0.208. The molecule has 5 rings (SSSR count). The molecule has 5 aromatic rings. The van der Waals surface area contributed by atoms with Gasteiger partial charge in [-0.3, -0.25) is 0 Å². The van der Waals surface area contributed by atoms with Crippen LogP contribution in [0.3, 0.4) is 0 Å². The third kappa shape index (κ3) is 3.36. The van der Waals surface area contributed by atoms with Crippen molar-refractivity contribution < 1.29 is 0 Å². The predicted molar refractivity (Wildman–Crippen MR) is 129 cm³/mol. The Morgan fingerprint density at radius 2 is 1.11 bits per heavy atom. The molecule has 0 aliphatic rings. The molecule has 1 nitrogen and oxygen atoms in total. The number of anilines is 2. The topological polar surface area (TPSA) is 12.0 Å². The van der Waals surface area contributed by atoms with Gasteiger partial charge in [-0.1, -0.05) is 60.7 Å². The van der Waals surface area contributed by atoms with Gasteiger partial charge >= 0.3 is 0 Å². The minimum Gasteiger partial charge on any atom is -0.356 e. The van der Waals surface area contributed by atoms with Crippen molar-refractivity contribution in [3.8, 4) is 11.1 Å². The lowest BCUT2D eigenvalue weighted by Crippen LogP contribution is -1.90. The lowest BCUT2D eigenvalue weighted by atomic mass is 9.97. The molecule has 0 spiro atoms. The van der Waals surface area contributed by atoms with Crippen molar-refractivity contribution in [3.63, 3.8) is 0 Å². The second-order valence-electron chi connectivity index (χ2n) is 6.93. The van der Waals surface area contributed by atoms with Gasteiger partial charge in [0.15, 0.2) is 0 Å². The van der Waals surface area contributed by atoms with Gasteiger partial charge in [-0.15, -0.1) is 0 Å². The smallest absolute Gasteiger partial charge is 0.0384 e. The zero-order chi connectivity index (χ0) is 18.9. The van der Waals surface area contributed by atoms with Gasteiger partial charge in [-0.2, -0.15) is 0 Å². The lowest BCUT2D eigenvalue weighted by molar-refractivity contribution is 1.53. The highest BCUT2D eigenvalue weighted by Crippen LogP contribution is 2.30. The summed E-state index contributed by atoms with van der Waals surface area (Å²) < 4.78 is 1.24. The molecular weight excluding hydrogens is 453 g/mol. The first-order valence-corrected chi connectivity index (χ1v) is 10.4. The average Bonchev–Trinajstić information content (AvgIpc) is 2.75. The number of fused-ring (bicyclic) bond motifs is 3. The Bertz CT molecular complexity index is 1270. The molecule has 0 heterocycles. The van der Waals surface area contributed by atoms with Crippen molar-refractivity contribution in [2.75, 3.05) is 5.32 Å². The first kappa shape index (κ1) is 17.3. The van der Waals surface area contributed by atoms with Crippen LogP contribution in [0.25, 0.3) is 32.7 Å². The van der Waals surface area contributed by atoms with Crippen LogP contribution in [0.5, 0.6) is 0 Å². The Labute approximate surface area is 178 Å². The lowest BCUT2D eigenvalue weighted by Gasteiger charge is -2.09.